The summed E-state index contributed by atoms with van der Waals surface area (Å²) < 4.78 is 1.76. The van der Waals surface area contributed by atoms with Gasteiger partial charge in [0.15, 0.2) is 0 Å². The molecule has 6 heteroatoms. The standard InChI is InChI=1S/C18H23N3O3/c1-11(2)16-15(17(22)19-9-13(4)18(23)24)10-20-21(16)14-7-5-12(3)6-8-14/h5-8,10-11,13H,9H2,1-4H3,(H,19,22)(H,23,24). The lowest BCUT2D eigenvalue weighted by molar-refractivity contribution is -0.140. The first-order valence-corrected chi connectivity index (χ1v) is 7.97. The van der Waals surface area contributed by atoms with E-state index in [0.29, 0.717) is 5.56 Å². The van der Waals surface area contributed by atoms with E-state index in [4.69, 9.17) is 5.11 Å². The van der Waals surface area contributed by atoms with Gasteiger partial charge >= 0.3 is 5.97 Å². The Morgan fingerprint density at radius 1 is 1.21 bits per heavy atom. The van der Waals surface area contributed by atoms with Crippen molar-refractivity contribution in [2.75, 3.05) is 6.54 Å². The second-order valence-corrected chi connectivity index (χ2v) is 6.29. The number of hydrogen-bond donors (Lipinski definition) is 2. The van der Waals surface area contributed by atoms with Crippen molar-refractivity contribution in [2.45, 2.75) is 33.6 Å². The largest absolute Gasteiger partial charge is 0.481 e. The molecule has 1 aromatic heterocycles. The van der Waals surface area contributed by atoms with Crippen molar-refractivity contribution in [3.8, 4) is 5.69 Å². The molecule has 1 heterocycles. The number of hydrogen-bond acceptors (Lipinski definition) is 3. The minimum Gasteiger partial charge on any atom is -0.481 e. The van der Waals surface area contributed by atoms with Crippen LogP contribution in [0, 0.1) is 12.8 Å². The van der Waals surface area contributed by atoms with Gasteiger partial charge in [0.05, 0.1) is 29.1 Å². The van der Waals surface area contributed by atoms with Gasteiger partial charge in [0, 0.05) is 6.54 Å². The van der Waals surface area contributed by atoms with Gasteiger partial charge in [0.1, 0.15) is 0 Å². The number of carboxylic acids is 1. The molecular formula is C18H23N3O3. The Morgan fingerprint density at radius 2 is 1.83 bits per heavy atom. The highest BCUT2D eigenvalue weighted by molar-refractivity contribution is 5.95. The molecular weight excluding hydrogens is 306 g/mol. The van der Waals surface area contributed by atoms with E-state index in [1.165, 1.54) is 6.20 Å². The number of amides is 1. The number of benzene rings is 1. The van der Waals surface area contributed by atoms with Crippen molar-refractivity contribution in [3.63, 3.8) is 0 Å². The molecule has 0 spiro atoms. The number of nitrogens with zero attached hydrogens (tertiary/aromatic N) is 2. The van der Waals surface area contributed by atoms with Crippen LogP contribution in [0.1, 0.15) is 48.3 Å². The van der Waals surface area contributed by atoms with Gasteiger partial charge in [-0.2, -0.15) is 5.10 Å². The Hall–Kier alpha value is -2.63. The first kappa shape index (κ1) is 17.7. The number of carbonyl (C=O) groups is 2. The summed E-state index contributed by atoms with van der Waals surface area (Å²) in [7, 11) is 0. The molecule has 0 radical (unpaired) electrons. The van der Waals surface area contributed by atoms with E-state index >= 15 is 0 Å². The fourth-order valence-corrected chi connectivity index (χ4v) is 2.41. The van der Waals surface area contributed by atoms with Crippen LogP contribution in [0.4, 0.5) is 0 Å². The normalized spacial score (nSPS) is 12.2. The van der Waals surface area contributed by atoms with E-state index in [1.807, 2.05) is 45.0 Å². The highest BCUT2D eigenvalue weighted by Gasteiger charge is 2.22. The molecule has 6 nitrogen and oxygen atoms in total. The second kappa shape index (κ2) is 7.29. The predicted molar refractivity (Wildman–Crippen MR) is 91.5 cm³/mol. The average Bonchev–Trinajstić information content (AvgIpc) is 2.98. The molecule has 1 amide bonds. The average molecular weight is 329 g/mol. The van der Waals surface area contributed by atoms with Gasteiger partial charge in [-0.05, 0) is 25.0 Å². The zero-order valence-corrected chi connectivity index (χ0v) is 14.4. The van der Waals surface area contributed by atoms with Crippen LogP contribution in [0.3, 0.4) is 0 Å². The summed E-state index contributed by atoms with van der Waals surface area (Å²) in [6, 6.07) is 7.91. The van der Waals surface area contributed by atoms with Crippen LogP contribution < -0.4 is 5.32 Å². The van der Waals surface area contributed by atoms with Gasteiger partial charge in [0.2, 0.25) is 0 Å². The number of carboxylic acid groups (broad SMARTS) is 1. The molecule has 1 unspecified atom stereocenters. The molecule has 1 atom stereocenters. The van der Waals surface area contributed by atoms with Crippen molar-refractivity contribution in [1.82, 2.24) is 15.1 Å². The van der Waals surface area contributed by atoms with Crippen molar-refractivity contribution < 1.29 is 14.7 Å². The molecule has 0 bridgehead atoms. The Bertz CT molecular complexity index is 732. The fraction of sp³-hybridized carbons (Fsp3) is 0.389. The SMILES string of the molecule is Cc1ccc(-n2ncc(C(=O)NCC(C)C(=O)O)c2C(C)C)cc1. The minimum absolute atomic E-state index is 0.0847. The van der Waals surface area contributed by atoms with Crippen molar-refractivity contribution in [2.24, 2.45) is 5.92 Å². The van der Waals surface area contributed by atoms with E-state index in [1.54, 1.807) is 11.6 Å². The van der Waals surface area contributed by atoms with Gasteiger partial charge in [-0.15, -0.1) is 0 Å². The van der Waals surface area contributed by atoms with Crippen LogP contribution in [-0.2, 0) is 4.79 Å². The maximum atomic E-state index is 12.4. The molecule has 0 fully saturated rings. The van der Waals surface area contributed by atoms with Crippen molar-refractivity contribution >= 4 is 11.9 Å². The number of aromatic nitrogens is 2. The third-order valence-electron chi connectivity index (χ3n) is 3.87. The molecule has 128 valence electrons. The van der Waals surface area contributed by atoms with E-state index in [9.17, 15) is 9.59 Å². The minimum atomic E-state index is -0.935. The van der Waals surface area contributed by atoms with Crippen LogP contribution in [0.25, 0.3) is 5.69 Å². The van der Waals surface area contributed by atoms with Gasteiger partial charge < -0.3 is 10.4 Å². The van der Waals surface area contributed by atoms with Crippen LogP contribution in [0.15, 0.2) is 30.5 Å². The molecule has 1 aromatic carbocycles. The Kier molecular flexibility index (Phi) is 5.39. The van der Waals surface area contributed by atoms with Crippen molar-refractivity contribution in [1.29, 1.82) is 0 Å². The molecule has 0 aliphatic heterocycles. The molecule has 2 N–H and O–H groups in total. The summed E-state index contributed by atoms with van der Waals surface area (Å²) in [4.78, 5) is 23.3. The van der Waals surface area contributed by atoms with E-state index < -0.39 is 11.9 Å². The quantitative estimate of drug-likeness (QED) is 0.853. The number of rotatable bonds is 6. The zero-order chi connectivity index (χ0) is 17.9. The van der Waals surface area contributed by atoms with E-state index in [2.05, 4.69) is 10.4 Å². The van der Waals surface area contributed by atoms with E-state index in [0.717, 1.165) is 16.9 Å². The summed E-state index contributed by atoms with van der Waals surface area (Å²) >= 11 is 0. The third-order valence-corrected chi connectivity index (χ3v) is 3.87. The van der Waals surface area contributed by atoms with Crippen molar-refractivity contribution in [3.05, 3.63) is 47.3 Å². The van der Waals surface area contributed by atoms with E-state index in [-0.39, 0.29) is 18.4 Å². The first-order valence-electron chi connectivity index (χ1n) is 7.97. The van der Waals surface area contributed by atoms with Crippen LogP contribution >= 0.6 is 0 Å². The van der Waals surface area contributed by atoms with Gasteiger partial charge in [0.25, 0.3) is 5.91 Å². The maximum absolute atomic E-state index is 12.4. The first-order chi connectivity index (χ1) is 11.3. The van der Waals surface area contributed by atoms with Crippen LogP contribution in [0.2, 0.25) is 0 Å². The summed E-state index contributed by atoms with van der Waals surface area (Å²) in [5.41, 5.74) is 3.32. The molecule has 0 saturated carbocycles. The summed E-state index contributed by atoms with van der Waals surface area (Å²) in [5.74, 6) is -1.78. The number of carbonyl (C=O) groups excluding carboxylic acids is 1. The lowest BCUT2D eigenvalue weighted by atomic mass is 10.0. The Balaban J connectivity index is 2.29. The number of nitrogens with one attached hydrogen (secondary N) is 1. The fourth-order valence-electron chi connectivity index (χ4n) is 2.41. The predicted octanol–water partition coefficient (Wildman–Crippen LogP) is 2.75. The lowest BCUT2D eigenvalue weighted by Crippen LogP contribution is -2.32. The van der Waals surface area contributed by atoms with Crippen LogP contribution in [-0.4, -0.2) is 33.3 Å². The van der Waals surface area contributed by atoms with Gasteiger partial charge in [-0.3, -0.25) is 9.59 Å². The summed E-state index contributed by atoms with van der Waals surface area (Å²) in [6.45, 7) is 7.65. The number of aliphatic carboxylic acids is 1. The summed E-state index contributed by atoms with van der Waals surface area (Å²) in [6.07, 6.45) is 1.54. The second-order valence-electron chi connectivity index (χ2n) is 6.29. The molecule has 2 aromatic rings. The maximum Gasteiger partial charge on any atom is 0.308 e. The Labute approximate surface area is 141 Å². The highest BCUT2D eigenvalue weighted by atomic mass is 16.4. The molecule has 2 rings (SSSR count). The highest BCUT2D eigenvalue weighted by Crippen LogP contribution is 2.23. The lowest BCUT2D eigenvalue weighted by Gasteiger charge is -2.14. The Morgan fingerprint density at radius 3 is 2.38 bits per heavy atom. The summed E-state index contributed by atoms with van der Waals surface area (Å²) in [5, 5.41) is 16.0. The monoisotopic (exact) mass is 329 g/mol. The van der Waals surface area contributed by atoms with Gasteiger partial charge in [-0.25, -0.2) is 4.68 Å². The zero-order valence-electron chi connectivity index (χ0n) is 14.4. The molecule has 0 aliphatic carbocycles. The topological polar surface area (TPSA) is 84.2 Å². The number of aryl methyl sites for hydroxylation is 1. The molecule has 24 heavy (non-hydrogen) atoms. The smallest absolute Gasteiger partial charge is 0.308 e. The van der Waals surface area contributed by atoms with Gasteiger partial charge in [-0.1, -0.05) is 38.5 Å². The third kappa shape index (κ3) is 3.82. The molecule has 0 aliphatic rings. The van der Waals surface area contributed by atoms with Crippen LogP contribution in [0.5, 0.6) is 0 Å². The molecule has 0 saturated heterocycles.